The normalized spacial score (nSPS) is 13.8. The van der Waals surface area contributed by atoms with Crippen molar-refractivity contribution in [3.05, 3.63) is 66.2 Å². The van der Waals surface area contributed by atoms with Gasteiger partial charge >= 0.3 is 0 Å². The lowest BCUT2D eigenvalue weighted by Crippen LogP contribution is -2.52. The van der Waals surface area contributed by atoms with Crippen molar-refractivity contribution >= 4 is 17.1 Å². The number of hydrogen-bond donors (Lipinski definition) is 3. The molecule has 0 bridgehead atoms. The van der Waals surface area contributed by atoms with Crippen LogP contribution >= 0.6 is 0 Å². The number of aldehydes is 1. The Morgan fingerprint density at radius 2 is 2.04 bits per heavy atom. The summed E-state index contributed by atoms with van der Waals surface area (Å²) in [7, 11) is 0. The van der Waals surface area contributed by atoms with Crippen molar-refractivity contribution < 1.29 is 4.79 Å². The maximum absolute atomic E-state index is 11.4. The number of nitrogens with zero attached hydrogens (tertiary/aromatic N) is 1. The van der Waals surface area contributed by atoms with E-state index >= 15 is 0 Å². The van der Waals surface area contributed by atoms with Crippen LogP contribution in [0.15, 0.2) is 55.0 Å². The van der Waals surface area contributed by atoms with E-state index in [1.807, 2.05) is 12.1 Å². The van der Waals surface area contributed by atoms with Gasteiger partial charge in [-0.3, -0.25) is 0 Å². The van der Waals surface area contributed by atoms with Gasteiger partial charge in [-0.1, -0.05) is 36.4 Å². The zero-order valence-corrected chi connectivity index (χ0v) is 12.8. The first kappa shape index (κ1) is 15.4. The second-order valence-corrected chi connectivity index (χ2v) is 5.87. The molecule has 0 saturated carbocycles. The van der Waals surface area contributed by atoms with Crippen LogP contribution in [-0.4, -0.2) is 28.3 Å². The zero-order valence-electron chi connectivity index (χ0n) is 12.8. The van der Waals surface area contributed by atoms with E-state index in [4.69, 9.17) is 5.73 Å². The number of aromatic amines is 1. The number of rotatable bonds is 7. The molecule has 0 amide bonds. The molecule has 5 heteroatoms. The topological polar surface area (TPSA) is 83.8 Å². The maximum atomic E-state index is 11.4. The predicted octanol–water partition coefficient (Wildman–Crippen LogP) is 1.79. The Morgan fingerprint density at radius 1 is 1.22 bits per heavy atom. The molecule has 1 atom stereocenters. The standard InChI is InChI=1S/C18H20N4O/c19-18(12-23,8-17-10-21-13-22-17)11-20-9-14-5-6-15-3-1-2-4-16(15)7-14/h1-7,10,12-13,20H,8-9,11,19H2,(H,21,22)/t18-/m0/s1. The number of H-pyrrole nitrogens is 1. The quantitative estimate of drug-likeness (QED) is 0.581. The summed E-state index contributed by atoms with van der Waals surface area (Å²) >= 11 is 0. The second-order valence-electron chi connectivity index (χ2n) is 5.87. The highest BCUT2D eigenvalue weighted by molar-refractivity contribution is 5.82. The molecule has 3 rings (SSSR count). The largest absolute Gasteiger partial charge is 0.351 e. The van der Waals surface area contributed by atoms with Crippen molar-refractivity contribution in [3.63, 3.8) is 0 Å². The van der Waals surface area contributed by atoms with Gasteiger partial charge in [-0.05, 0) is 22.4 Å². The van der Waals surface area contributed by atoms with Gasteiger partial charge in [0.15, 0.2) is 0 Å². The van der Waals surface area contributed by atoms with Crippen LogP contribution in [0.2, 0.25) is 0 Å². The van der Waals surface area contributed by atoms with Crippen LogP contribution in [0.25, 0.3) is 10.8 Å². The Bertz CT molecular complexity index is 785. The van der Waals surface area contributed by atoms with E-state index in [0.717, 1.165) is 17.5 Å². The Hall–Kier alpha value is -2.50. The molecule has 0 aliphatic heterocycles. The number of imidazole rings is 1. The van der Waals surface area contributed by atoms with Crippen LogP contribution in [-0.2, 0) is 17.8 Å². The maximum Gasteiger partial charge on any atom is 0.141 e. The van der Waals surface area contributed by atoms with E-state index < -0.39 is 5.54 Å². The van der Waals surface area contributed by atoms with Gasteiger partial charge in [-0.2, -0.15) is 0 Å². The number of aromatic nitrogens is 2. The van der Waals surface area contributed by atoms with Crippen LogP contribution in [0.4, 0.5) is 0 Å². The smallest absolute Gasteiger partial charge is 0.141 e. The minimum Gasteiger partial charge on any atom is -0.351 e. The Kier molecular flexibility index (Phi) is 4.50. The molecule has 1 heterocycles. The van der Waals surface area contributed by atoms with Crippen molar-refractivity contribution in [2.24, 2.45) is 5.73 Å². The Balaban J connectivity index is 1.61. The molecule has 1 aromatic heterocycles. The minimum absolute atomic E-state index is 0.399. The molecule has 0 aliphatic carbocycles. The number of nitrogens with two attached hydrogens (primary N) is 1. The molecule has 23 heavy (non-hydrogen) atoms. The van der Waals surface area contributed by atoms with Crippen LogP contribution in [0.3, 0.4) is 0 Å². The third-order valence-corrected chi connectivity index (χ3v) is 3.90. The average Bonchev–Trinajstić information content (AvgIpc) is 3.07. The summed E-state index contributed by atoms with van der Waals surface area (Å²) in [4.78, 5) is 18.4. The third-order valence-electron chi connectivity index (χ3n) is 3.90. The number of nitrogens with one attached hydrogen (secondary N) is 2. The lowest BCUT2D eigenvalue weighted by molar-refractivity contribution is -0.112. The molecule has 0 saturated heterocycles. The average molecular weight is 308 g/mol. The highest BCUT2D eigenvalue weighted by Gasteiger charge is 2.25. The summed E-state index contributed by atoms with van der Waals surface area (Å²) in [5.74, 6) is 0. The summed E-state index contributed by atoms with van der Waals surface area (Å²) < 4.78 is 0. The SMILES string of the molecule is N[C@](C=O)(CNCc1ccc2ccccc2c1)Cc1c[nH]cn1. The first-order valence-electron chi connectivity index (χ1n) is 7.60. The van der Waals surface area contributed by atoms with Crippen molar-refractivity contribution in [1.82, 2.24) is 15.3 Å². The molecule has 0 aliphatic rings. The van der Waals surface area contributed by atoms with Gasteiger partial charge in [0.25, 0.3) is 0 Å². The summed E-state index contributed by atoms with van der Waals surface area (Å²) in [5, 5.41) is 5.70. The monoisotopic (exact) mass is 308 g/mol. The number of carbonyl (C=O) groups excluding carboxylic acids is 1. The van der Waals surface area contributed by atoms with Gasteiger partial charge in [0.1, 0.15) is 6.29 Å². The van der Waals surface area contributed by atoms with Crippen LogP contribution in [0.1, 0.15) is 11.3 Å². The molecule has 0 spiro atoms. The van der Waals surface area contributed by atoms with Gasteiger partial charge in [0.2, 0.25) is 0 Å². The van der Waals surface area contributed by atoms with Gasteiger partial charge in [0.05, 0.1) is 17.6 Å². The third kappa shape index (κ3) is 3.83. The molecular weight excluding hydrogens is 288 g/mol. The molecule has 3 aromatic rings. The summed E-state index contributed by atoms with van der Waals surface area (Å²) in [6.45, 7) is 1.06. The second kappa shape index (κ2) is 6.73. The van der Waals surface area contributed by atoms with Crippen molar-refractivity contribution in [3.8, 4) is 0 Å². The van der Waals surface area contributed by atoms with Gasteiger partial charge in [-0.25, -0.2) is 4.98 Å². The summed E-state index contributed by atoms with van der Waals surface area (Å²) in [6.07, 6.45) is 4.55. The van der Waals surface area contributed by atoms with E-state index in [1.165, 1.54) is 10.8 Å². The molecule has 0 fully saturated rings. The summed E-state index contributed by atoms with van der Waals surface area (Å²) in [5.41, 5.74) is 7.15. The molecule has 2 aromatic carbocycles. The lowest BCUT2D eigenvalue weighted by Gasteiger charge is -2.22. The van der Waals surface area contributed by atoms with E-state index in [-0.39, 0.29) is 0 Å². The fourth-order valence-electron chi connectivity index (χ4n) is 2.66. The first-order chi connectivity index (χ1) is 11.2. The fourth-order valence-corrected chi connectivity index (χ4v) is 2.66. The molecule has 4 N–H and O–H groups in total. The van der Waals surface area contributed by atoms with E-state index in [1.54, 1.807) is 12.5 Å². The Labute approximate surface area is 134 Å². The number of fused-ring (bicyclic) bond motifs is 1. The highest BCUT2D eigenvalue weighted by Crippen LogP contribution is 2.15. The molecule has 0 unspecified atom stereocenters. The zero-order chi connectivity index (χ0) is 16.1. The summed E-state index contributed by atoms with van der Waals surface area (Å²) in [6, 6.07) is 14.6. The lowest BCUT2D eigenvalue weighted by atomic mass is 9.96. The van der Waals surface area contributed by atoms with Crippen molar-refractivity contribution in [1.29, 1.82) is 0 Å². The molecule has 118 valence electrons. The molecule has 5 nitrogen and oxygen atoms in total. The number of benzene rings is 2. The van der Waals surface area contributed by atoms with Gasteiger partial charge in [-0.15, -0.1) is 0 Å². The van der Waals surface area contributed by atoms with Crippen molar-refractivity contribution in [2.75, 3.05) is 6.54 Å². The number of hydrogen-bond acceptors (Lipinski definition) is 4. The van der Waals surface area contributed by atoms with Crippen molar-refractivity contribution in [2.45, 2.75) is 18.5 Å². The molecular formula is C18H20N4O. The van der Waals surface area contributed by atoms with Gasteiger partial charge in [0, 0.05) is 25.7 Å². The van der Waals surface area contributed by atoms with Crippen LogP contribution in [0, 0.1) is 0 Å². The minimum atomic E-state index is -0.952. The molecule has 0 radical (unpaired) electrons. The fraction of sp³-hybridized carbons (Fsp3) is 0.222. The Morgan fingerprint density at radius 3 is 2.78 bits per heavy atom. The first-order valence-corrected chi connectivity index (χ1v) is 7.60. The van der Waals surface area contributed by atoms with E-state index in [9.17, 15) is 4.79 Å². The van der Waals surface area contributed by atoms with E-state index in [2.05, 4.69) is 45.6 Å². The number of carbonyl (C=O) groups is 1. The predicted molar refractivity (Wildman–Crippen MR) is 90.9 cm³/mol. The van der Waals surface area contributed by atoms with Crippen LogP contribution < -0.4 is 11.1 Å². The highest BCUT2D eigenvalue weighted by atomic mass is 16.1. The van der Waals surface area contributed by atoms with Crippen LogP contribution in [0.5, 0.6) is 0 Å². The van der Waals surface area contributed by atoms with Gasteiger partial charge < -0.3 is 20.8 Å². The van der Waals surface area contributed by atoms with E-state index in [0.29, 0.717) is 19.5 Å².